The third-order valence-corrected chi connectivity index (χ3v) is 3.64. The van der Waals surface area contributed by atoms with Crippen molar-refractivity contribution in [2.45, 2.75) is 19.4 Å². The Morgan fingerprint density at radius 3 is 2.83 bits per heavy atom. The monoisotopic (exact) mass is 269 g/mol. The molecule has 1 aromatic heterocycles. The van der Waals surface area contributed by atoms with Gasteiger partial charge in [0.25, 0.3) is 0 Å². The van der Waals surface area contributed by atoms with Crippen LogP contribution in [0.3, 0.4) is 0 Å². The molecule has 2 rings (SSSR count). The minimum atomic E-state index is -0.456. The van der Waals surface area contributed by atoms with E-state index in [1.165, 1.54) is 17.4 Å². The summed E-state index contributed by atoms with van der Waals surface area (Å²) in [6.45, 7) is 1.88. The lowest BCUT2D eigenvalue weighted by atomic mass is 10.0. The highest BCUT2D eigenvalue weighted by atomic mass is 32.1. The normalized spacial score (nSPS) is 12.7. The van der Waals surface area contributed by atoms with E-state index in [9.17, 15) is 8.78 Å². The van der Waals surface area contributed by atoms with Gasteiger partial charge in [-0.3, -0.25) is 11.3 Å². The molecule has 1 aromatic carbocycles. The molecule has 0 aliphatic carbocycles. The van der Waals surface area contributed by atoms with Gasteiger partial charge in [-0.1, -0.05) is 0 Å². The molecule has 0 radical (unpaired) electrons. The topological polar surface area (TPSA) is 50.9 Å². The number of nitrogens with two attached hydrogens (primary N) is 1. The molecule has 0 amide bonds. The first kappa shape index (κ1) is 13.1. The Bertz CT molecular complexity index is 542. The number of nitrogens with zero attached hydrogens (tertiary/aromatic N) is 1. The second kappa shape index (κ2) is 5.51. The number of nitrogens with one attached hydrogen (secondary N) is 1. The summed E-state index contributed by atoms with van der Waals surface area (Å²) < 4.78 is 26.6. The quantitative estimate of drug-likeness (QED) is 0.662. The van der Waals surface area contributed by atoms with E-state index in [1.807, 2.05) is 6.92 Å². The van der Waals surface area contributed by atoms with Crippen LogP contribution < -0.4 is 11.3 Å². The summed E-state index contributed by atoms with van der Waals surface area (Å²) >= 11 is 1.48. The second-order valence-corrected chi connectivity index (χ2v) is 5.21. The highest BCUT2D eigenvalue weighted by Crippen LogP contribution is 2.24. The number of aromatic nitrogens is 1. The smallest absolute Gasteiger partial charge is 0.126 e. The number of halogens is 2. The van der Waals surface area contributed by atoms with E-state index in [0.717, 1.165) is 22.0 Å². The lowest BCUT2D eigenvalue weighted by molar-refractivity contribution is 0.528. The van der Waals surface area contributed by atoms with Crippen LogP contribution in [0.1, 0.15) is 21.5 Å². The molecule has 0 saturated heterocycles. The first-order valence-electron chi connectivity index (χ1n) is 5.42. The van der Waals surface area contributed by atoms with Crippen LogP contribution in [-0.4, -0.2) is 4.98 Å². The molecule has 0 aliphatic heterocycles. The van der Waals surface area contributed by atoms with Crippen molar-refractivity contribution in [3.05, 3.63) is 51.5 Å². The molecule has 0 bridgehead atoms. The molecule has 1 heterocycles. The SMILES string of the molecule is Cc1ncc(C(Cc2cc(F)ccc2F)NN)s1. The van der Waals surface area contributed by atoms with Gasteiger partial charge in [-0.05, 0) is 37.1 Å². The minimum absolute atomic E-state index is 0.271. The fourth-order valence-electron chi connectivity index (χ4n) is 1.70. The summed E-state index contributed by atoms with van der Waals surface area (Å²) in [6.07, 6.45) is 1.98. The number of hydrogen-bond acceptors (Lipinski definition) is 4. The van der Waals surface area contributed by atoms with Gasteiger partial charge in [-0.25, -0.2) is 13.8 Å². The van der Waals surface area contributed by atoms with Crippen LogP contribution in [0.5, 0.6) is 0 Å². The molecule has 1 unspecified atom stereocenters. The molecule has 6 heteroatoms. The summed E-state index contributed by atoms with van der Waals surface area (Å²) in [4.78, 5) is 5.02. The van der Waals surface area contributed by atoms with Gasteiger partial charge in [0.1, 0.15) is 11.6 Å². The van der Waals surface area contributed by atoms with Crippen LogP contribution in [-0.2, 0) is 6.42 Å². The predicted octanol–water partition coefficient (Wildman–Crippen LogP) is 2.48. The van der Waals surface area contributed by atoms with Crippen molar-refractivity contribution in [3.8, 4) is 0 Å². The van der Waals surface area contributed by atoms with E-state index >= 15 is 0 Å². The first-order valence-corrected chi connectivity index (χ1v) is 6.24. The van der Waals surface area contributed by atoms with Crippen LogP contribution in [0.4, 0.5) is 8.78 Å². The Kier molecular flexibility index (Phi) is 4.00. The molecule has 0 fully saturated rings. The zero-order valence-corrected chi connectivity index (χ0v) is 10.6. The van der Waals surface area contributed by atoms with Crippen molar-refractivity contribution in [1.82, 2.24) is 10.4 Å². The van der Waals surface area contributed by atoms with E-state index in [-0.39, 0.29) is 12.5 Å². The highest BCUT2D eigenvalue weighted by molar-refractivity contribution is 7.11. The van der Waals surface area contributed by atoms with Gasteiger partial charge < -0.3 is 0 Å². The Balaban J connectivity index is 2.22. The number of benzene rings is 1. The Labute approximate surface area is 108 Å². The minimum Gasteiger partial charge on any atom is -0.271 e. The van der Waals surface area contributed by atoms with Gasteiger partial charge in [0.05, 0.1) is 11.0 Å². The summed E-state index contributed by atoms with van der Waals surface area (Å²) in [5.74, 6) is 4.57. The predicted molar refractivity (Wildman–Crippen MR) is 67.0 cm³/mol. The van der Waals surface area contributed by atoms with Crippen molar-refractivity contribution in [3.63, 3.8) is 0 Å². The summed E-state index contributed by atoms with van der Waals surface area (Å²) in [5.41, 5.74) is 2.90. The summed E-state index contributed by atoms with van der Waals surface area (Å²) in [7, 11) is 0. The fraction of sp³-hybridized carbons (Fsp3) is 0.250. The zero-order valence-electron chi connectivity index (χ0n) is 9.78. The van der Waals surface area contributed by atoms with Gasteiger partial charge in [-0.15, -0.1) is 11.3 Å². The van der Waals surface area contributed by atoms with E-state index in [4.69, 9.17) is 5.84 Å². The maximum atomic E-state index is 13.5. The largest absolute Gasteiger partial charge is 0.271 e. The molecule has 18 heavy (non-hydrogen) atoms. The van der Waals surface area contributed by atoms with Crippen LogP contribution >= 0.6 is 11.3 Å². The van der Waals surface area contributed by atoms with Gasteiger partial charge >= 0.3 is 0 Å². The summed E-state index contributed by atoms with van der Waals surface area (Å²) in [5, 5.41) is 0.907. The lowest BCUT2D eigenvalue weighted by Gasteiger charge is -2.14. The first-order chi connectivity index (χ1) is 8.60. The average molecular weight is 269 g/mol. The number of aryl methyl sites for hydroxylation is 1. The maximum Gasteiger partial charge on any atom is 0.126 e. The van der Waals surface area contributed by atoms with Gasteiger partial charge in [-0.2, -0.15) is 0 Å². The highest BCUT2D eigenvalue weighted by Gasteiger charge is 2.16. The second-order valence-electron chi connectivity index (χ2n) is 3.94. The average Bonchev–Trinajstić information content (AvgIpc) is 2.77. The zero-order chi connectivity index (χ0) is 13.1. The standard InChI is InChI=1S/C12H13F2N3S/c1-7-16-6-12(18-7)11(17-15)5-8-4-9(13)2-3-10(8)14/h2-4,6,11,17H,5,15H2,1H3. The Hall–Kier alpha value is -1.37. The van der Waals surface area contributed by atoms with Crippen LogP contribution in [0.25, 0.3) is 0 Å². The van der Waals surface area contributed by atoms with Crippen molar-refractivity contribution in [1.29, 1.82) is 0 Å². The molecule has 2 aromatic rings. The molecule has 0 aliphatic rings. The molecule has 0 saturated carbocycles. The van der Waals surface area contributed by atoms with Crippen molar-refractivity contribution >= 4 is 11.3 Å². The summed E-state index contributed by atoms with van der Waals surface area (Å²) in [6, 6.07) is 3.14. The fourth-order valence-corrected chi connectivity index (χ4v) is 2.55. The molecule has 0 spiro atoms. The number of rotatable bonds is 4. The molecular formula is C12H13F2N3S. The van der Waals surface area contributed by atoms with E-state index in [0.29, 0.717) is 5.56 Å². The van der Waals surface area contributed by atoms with Gasteiger partial charge in [0.2, 0.25) is 0 Å². The number of hydrogen-bond donors (Lipinski definition) is 2. The van der Waals surface area contributed by atoms with Crippen molar-refractivity contribution < 1.29 is 8.78 Å². The van der Waals surface area contributed by atoms with Crippen LogP contribution in [0, 0.1) is 18.6 Å². The van der Waals surface area contributed by atoms with Crippen molar-refractivity contribution in [2.24, 2.45) is 5.84 Å². The van der Waals surface area contributed by atoms with Crippen molar-refractivity contribution in [2.75, 3.05) is 0 Å². The van der Waals surface area contributed by atoms with E-state index in [2.05, 4.69) is 10.4 Å². The maximum absolute atomic E-state index is 13.5. The van der Waals surface area contributed by atoms with Gasteiger partial charge in [0.15, 0.2) is 0 Å². The van der Waals surface area contributed by atoms with Crippen LogP contribution in [0.2, 0.25) is 0 Å². The van der Waals surface area contributed by atoms with E-state index in [1.54, 1.807) is 6.20 Å². The number of hydrazine groups is 1. The third-order valence-electron chi connectivity index (χ3n) is 2.62. The van der Waals surface area contributed by atoms with Crippen LogP contribution in [0.15, 0.2) is 24.4 Å². The molecule has 1 atom stereocenters. The Morgan fingerprint density at radius 1 is 1.44 bits per heavy atom. The van der Waals surface area contributed by atoms with E-state index < -0.39 is 11.6 Å². The molecular weight excluding hydrogens is 256 g/mol. The molecule has 3 nitrogen and oxygen atoms in total. The lowest BCUT2D eigenvalue weighted by Crippen LogP contribution is -2.29. The van der Waals surface area contributed by atoms with Gasteiger partial charge in [0, 0.05) is 11.1 Å². The Morgan fingerprint density at radius 2 is 2.22 bits per heavy atom. The third kappa shape index (κ3) is 2.90. The molecule has 96 valence electrons. The number of thiazole rings is 1. The molecule has 3 N–H and O–H groups in total.